The van der Waals surface area contributed by atoms with Gasteiger partial charge in [-0.1, -0.05) is 6.07 Å². The number of hydrogen-bond acceptors (Lipinski definition) is 5. The van der Waals surface area contributed by atoms with Gasteiger partial charge in [0.2, 0.25) is 0 Å². The summed E-state index contributed by atoms with van der Waals surface area (Å²) in [5, 5.41) is 10.9. The van der Waals surface area contributed by atoms with Crippen LogP contribution in [0.4, 0.5) is 0 Å². The second kappa shape index (κ2) is 6.02. The van der Waals surface area contributed by atoms with Crippen molar-refractivity contribution in [3.8, 4) is 0 Å². The molecule has 1 atom stereocenters. The molecule has 0 saturated carbocycles. The third kappa shape index (κ3) is 4.29. The third-order valence-corrected chi connectivity index (χ3v) is 5.92. The zero-order valence-electron chi connectivity index (χ0n) is 10.5. The van der Waals surface area contributed by atoms with Gasteiger partial charge in [0.15, 0.2) is 9.84 Å². The molecule has 5 nitrogen and oxygen atoms in total. The fraction of sp³-hybridized carbons (Fsp3) is 0.583. The SMILES string of the molecule is O=C(O)CC1CS(=O)(=O)CCN1CCc1cccs1. The molecule has 19 heavy (non-hydrogen) atoms. The highest BCUT2D eigenvalue weighted by Crippen LogP contribution is 2.17. The van der Waals surface area contributed by atoms with E-state index in [1.165, 1.54) is 4.88 Å². The van der Waals surface area contributed by atoms with Crippen molar-refractivity contribution in [2.75, 3.05) is 24.6 Å². The monoisotopic (exact) mass is 303 g/mol. The topological polar surface area (TPSA) is 74.7 Å². The van der Waals surface area contributed by atoms with Crippen LogP contribution in [0.3, 0.4) is 0 Å². The number of carboxylic acids is 1. The summed E-state index contributed by atoms with van der Waals surface area (Å²) in [6.07, 6.45) is 0.734. The summed E-state index contributed by atoms with van der Waals surface area (Å²) in [7, 11) is -3.08. The van der Waals surface area contributed by atoms with Crippen LogP contribution < -0.4 is 0 Å². The number of aliphatic carboxylic acids is 1. The van der Waals surface area contributed by atoms with Crippen LogP contribution in [0.5, 0.6) is 0 Å². The first-order chi connectivity index (χ1) is 8.96. The zero-order valence-corrected chi connectivity index (χ0v) is 12.1. The first kappa shape index (κ1) is 14.5. The number of rotatable bonds is 5. The van der Waals surface area contributed by atoms with Crippen molar-refractivity contribution in [2.24, 2.45) is 0 Å². The molecule has 0 radical (unpaired) electrons. The molecule has 1 fully saturated rings. The highest BCUT2D eigenvalue weighted by molar-refractivity contribution is 7.91. The Morgan fingerprint density at radius 2 is 2.32 bits per heavy atom. The molecule has 0 aromatic carbocycles. The Morgan fingerprint density at radius 1 is 1.53 bits per heavy atom. The largest absolute Gasteiger partial charge is 0.481 e. The molecule has 0 bridgehead atoms. The van der Waals surface area contributed by atoms with Crippen LogP contribution in [0.15, 0.2) is 17.5 Å². The minimum Gasteiger partial charge on any atom is -0.481 e. The summed E-state index contributed by atoms with van der Waals surface area (Å²) >= 11 is 1.67. The minimum atomic E-state index is -3.08. The summed E-state index contributed by atoms with van der Waals surface area (Å²) in [5.74, 6) is -0.847. The molecule has 1 aliphatic heterocycles. The van der Waals surface area contributed by atoms with E-state index < -0.39 is 21.8 Å². The van der Waals surface area contributed by atoms with Crippen molar-refractivity contribution in [3.63, 3.8) is 0 Å². The normalized spacial score (nSPS) is 23.3. The lowest BCUT2D eigenvalue weighted by Gasteiger charge is -2.34. The lowest BCUT2D eigenvalue weighted by molar-refractivity contribution is -0.138. The Labute approximate surface area is 116 Å². The lowest BCUT2D eigenvalue weighted by Crippen LogP contribution is -2.49. The second-order valence-corrected chi connectivity index (χ2v) is 7.99. The summed E-state index contributed by atoms with van der Waals surface area (Å²) in [6.45, 7) is 1.15. The molecular weight excluding hydrogens is 286 g/mol. The van der Waals surface area contributed by atoms with Gasteiger partial charge in [0.25, 0.3) is 0 Å². The third-order valence-electron chi connectivity index (χ3n) is 3.29. The zero-order chi connectivity index (χ0) is 13.9. The van der Waals surface area contributed by atoms with E-state index in [4.69, 9.17) is 5.11 Å². The van der Waals surface area contributed by atoms with Gasteiger partial charge in [-0.05, 0) is 17.9 Å². The molecule has 7 heteroatoms. The minimum absolute atomic E-state index is 0.0380. The summed E-state index contributed by atoms with van der Waals surface area (Å²) in [4.78, 5) is 14.1. The lowest BCUT2D eigenvalue weighted by atomic mass is 10.2. The van der Waals surface area contributed by atoms with E-state index in [1.807, 2.05) is 22.4 Å². The Morgan fingerprint density at radius 3 is 2.95 bits per heavy atom. The Balaban J connectivity index is 1.98. The quantitative estimate of drug-likeness (QED) is 0.873. The molecule has 1 aromatic rings. The van der Waals surface area contributed by atoms with Gasteiger partial charge in [0, 0.05) is 24.0 Å². The van der Waals surface area contributed by atoms with Crippen molar-refractivity contribution in [1.82, 2.24) is 4.90 Å². The molecule has 1 aliphatic rings. The number of thiophene rings is 1. The van der Waals surface area contributed by atoms with Crippen molar-refractivity contribution < 1.29 is 18.3 Å². The van der Waals surface area contributed by atoms with Gasteiger partial charge in [-0.2, -0.15) is 0 Å². The van der Waals surface area contributed by atoms with Crippen LogP contribution in [0.25, 0.3) is 0 Å². The summed E-state index contributed by atoms with van der Waals surface area (Å²) in [5.41, 5.74) is 0. The second-order valence-electron chi connectivity index (χ2n) is 4.73. The highest BCUT2D eigenvalue weighted by atomic mass is 32.2. The smallest absolute Gasteiger partial charge is 0.304 e. The Bertz CT molecular complexity index is 524. The maximum absolute atomic E-state index is 11.6. The van der Waals surface area contributed by atoms with Crippen LogP contribution in [-0.2, 0) is 21.1 Å². The molecule has 1 aromatic heterocycles. The van der Waals surface area contributed by atoms with Crippen molar-refractivity contribution in [3.05, 3.63) is 22.4 Å². The molecule has 2 heterocycles. The van der Waals surface area contributed by atoms with Gasteiger partial charge in [0.05, 0.1) is 17.9 Å². The van der Waals surface area contributed by atoms with Gasteiger partial charge < -0.3 is 5.11 Å². The van der Waals surface area contributed by atoms with E-state index >= 15 is 0 Å². The van der Waals surface area contributed by atoms with Crippen LogP contribution in [0, 0.1) is 0 Å². The fourth-order valence-corrected chi connectivity index (χ4v) is 4.61. The van der Waals surface area contributed by atoms with E-state index in [0.29, 0.717) is 13.1 Å². The van der Waals surface area contributed by atoms with Gasteiger partial charge >= 0.3 is 5.97 Å². The first-order valence-electron chi connectivity index (χ1n) is 6.15. The standard InChI is InChI=1S/C12H17NO4S2/c14-12(15)8-10-9-19(16,17)7-5-13(10)4-3-11-2-1-6-18-11/h1-2,6,10H,3-5,7-9H2,(H,14,15). The predicted octanol–water partition coefficient (Wildman–Crippen LogP) is 0.864. The van der Waals surface area contributed by atoms with Crippen molar-refractivity contribution in [1.29, 1.82) is 0 Å². The number of nitrogens with zero attached hydrogens (tertiary/aromatic N) is 1. The van der Waals surface area contributed by atoms with Crippen LogP contribution in [-0.4, -0.2) is 55.0 Å². The molecule has 1 N–H and O–H groups in total. The van der Waals surface area contributed by atoms with E-state index in [2.05, 4.69) is 0 Å². The molecule has 2 rings (SSSR count). The van der Waals surface area contributed by atoms with Gasteiger partial charge in [0.1, 0.15) is 0 Å². The van der Waals surface area contributed by atoms with Crippen LogP contribution in [0.1, 0.15) is 11.3 Å². The Hall–Kier alpha value is -0.920. The maximum atomic E-state index is 11.6. The fourth-order valence-electron chi connectivity index (χ4n) is 2.31. The molecule has 1 unspecified atom stereocenters. The van der Waals surface area contributed by atoms with E-state index in [0.717, 1.165) is 6.42 Å². The average Bonchev–Trinajstić information content (AvgIpc) is 2.79. The van der Waals surface area contributed by atoms with Gasteiger partial charge in [-0.15, -0.1) is 11.3 Å². The number of carbonyl (C=O) groups is 1. The maximum Gasteiger partial charge on any atom is 0.304 e. The predicted molar refractivity (Wildman–Crippen MR) is 74.3 cm³/mol. The molecule has 1 saturated heterocycles. The number of carboxylic acid groups (broad SMARTS) is 1. The van der Waals surface area contributed by atoms with Crippen molar-refractivity contribution in [2.45, 2.75) is 18.9 Å². The van der Waals surface area contributed by atoms with Crippen LogP contribution in [0.2, 0.25) is 0 Å². The summed E-state index contributed by atoms with van der Waals surface area (Å²) in [6, 6.07) is 3.63. The van der Waals surface area contributed by atoms with Crippen LogP contribution >= 0.6 is 11.3 Å². The van der Waals surface area contributed by atoms with E-state index in [9.17, 15) is 13.2 Å². The molecule has 0 spiro atoms. The molecule has 0 aliphatic carbocycles. The van der Waals surface area contributed by atoms with E-state index in [-0.39, 0.29) is 17.9 Å². The van der Waals surface area contributed by atoms with Crippen molar-refractivity contribution >= 4 is 27.1 Å². The first-order valence-corrected chi connectivity index (χ1v) is 8.85. The van der Waals surface area contributed by atoms with Gasteiger partial charge in [-0.3, -0.25) is 9.69 Å². The average molecular weight is 303 g/mol. The highest BCUT2D eigenvalue weighted by Gasteiger charge is 2.32. The van der Waals surface area contributed by atoms with E-state index in [1.54, 1.807) is 11.3 Å². The summed E-state index contributed by atoms with van der Waals surface area (Å²) < 4.78 is 23.2. The molecular formula is C12H17NO4S2. The molecule has 0 amide bonds. The molecule has 106 valence electrons. The number of hydrogen-bond donors (Lipinski definition) is 1. The Kier molecular flexibility index (Phi) is 4.59. The van der Waals surface area contributed by atoms with Gasteiger partial charge in [-0.25, -0.2) is 8.42 Å². The number of sulfone groups is 1.